The summed E-state index contributed by atoms with van der Waals surface area (Å²) in [5.41, 5.74) is 2.44. The molecule has 0 aromatic carbocycles. The topological polar surface area (TPSA) is 40.5 Å². The normalized spacial score (nSPS) is 46.5. The minimum Gasteiger partial charge on any atom is -0.393 e. The van der Waals surface area contributed by atoms with Crippen LogP contribution in [0.3, 0.4) is 0 Å². The number of aliphatic hydroxyl groups is 2. The summed E-state index contributed by atoms with van der Waals surface area (Å²) in [7, 11) is 0. The van der Waals surface area contributed by atoms with Crippen LogP contribution in [-0.4, -0.2) is 22.4 Å². The average Bonchev–Trinajstić information content (AvgIpc) is 3.03. The molecule has 166 valence electrons. The van der Waals surface area contributed by atoms with Gasteiger partial charge in [-0.2, -0.15) is 0 Å². The SMILES string of the molecule is CC(C)[C@@H](O)CC[C@@H](C)C1CCC2C3CC=C4CC(O)CC[C@]4(C)C3CC[C@@]21C. The van der Waals surface area contributed by atoms with Gasteiger partial charge in [0.1, 0.15) is 0 Å². The van der Waals surface area contributed by atoms with Gasteiger partial charge in [0.15, 0.2) is 0 Å². The Balaban J connectivity index is 1.49. The van der Waals surface area contributed by atoms with Crippen molar-refractivity contribution in [3.05, 3.63) is 11.6 Å². The number of allylic oxidation sites excluding steroid dienone is 1. The molecule has 5 unspecified atom stereocenters. The van der Waals surface area contributed by atoms with Crippen molar-refractivity contribution in [3.63, 3.8) is 0 Å². The Bertz CT molecular complexity index is 624. The molecule has 0 amide bonds. The predicted molar refractivity (Wildman–Crippen MR) is 120 cm³/mol. The zero-order valence-electron chi connectivity index (χ0n) is 19.7. The molecule has 0 aromatic rings. The summed E-state index contributed by atoms with van der Waals surface area (Å²) in [6.45, 7) is 11.9. The summed E-state index contributed by atoms with van der Waals surface area (Å²) < 4.78 is 0. The highest BCUT2D eigenvalue weighted by Crippen LogP contribution is 2.67. The summed E-state index contributed by atoms with van der Waals surface area (Å²) in [6.07, 6.45) is 14.4. The zero-order valence-corrected chi connectivity index (χ0v) is 19.7. The molecule has 4 rings (SSSR count). The molecule has 9 atom stereocenters. The summed E-state index contributed by atoms with van der Waals surface area (Å²) >= 11 is 0. The Kier molecular flexibility index (Phi) is 6.01. The van der Waals surface area contributed by atoms with E-state index in [4.69, 9.17) is 0 Å². The first kappa shape index (κ1) is 21.9. The van der Waals surface area contributed by atoms with Crippen LogP contribution < -0.4 is 0 Å². The molecule has 0 bridgehead atoms. The van der Waals surface area contributed by atoms with Crippen LogP contribution in [0.25, 0.3) is 0 Å². The molecule has 0 aliphatic heterocycles. The smallest absolute Gasteiger partial charge is 0.0577 e. The second kappa shape index (κ2) is 7.97. The molecule has 0 radical (unpaired) electrons. The van der Waals surface area contributed by atoms with E-state index in [0.29, 0.717) is 16.7 Å². The molecule has 0 spiro atoms. The molecule has 29 heavy (non-hydrogen) atoms. The van der Waals surface area contributed by atoms with Gasteiger partial charge in [0.05, 0.1) is 12.2 Å². The Morgan fingerprint density at radius 3 is 2.48 bits per heavy atom. The van der Waals surface area contributed by atoms with Gasteiger partial charge in [-0.05, 0) is 111 Å². The average molecular weight is 403 g/mol. The van der Waals surface area contributed by atoms with E-state index < -0.39 is 0 Å². The standard InChI is InChI=1S/C27H46O2/c1-17(2)25(29)11-6-18(3)22-9-10-23-21-8-7-19-16-20(28)12-14-26(19,4)24(21)13-15-27(22,23)5/h7,17-18,20-25,28-29H,6,8-16H2,1-5H3/t18-,20?,21?,22?,23?,24?,25+,26+,27-/m1/s1. The van der Waals surface area contributed by atoms with Crippen LogP contribution in [0.15, 0.2) is 11.6 Å². The lowest BCUT2D eigenvalue weighted by Gasteiger charge is -2.58. The van der Waals surface area contributed by atoms with Gasteiger partial charge in [0.25, 0.3) is 0 Å². The van der Waals surface area contributed by atoms with Gasteiger partial charge in [-0.1, -0.05) is 46.3 Å². The van der Waals surface area contributed by atoms with E-state index in [1.165, 1.54) is 44.9 Å². The highest BCUT2D eigenvalue weighted by molar-refractivity contribution is 5.25. The van der Waals surface area contributed by atoms with Crippen LogP contribution >= 0.6 is 0 Å². The van der Waals surface area contributed by atoms with E-state index in [2.05, 4.69) is 40.7 Å². The molecular weight excluding hydrogens is 356 g/mol. The van der Waals surface area contributed by atoms with Gasteiger partial charge in [0.2, 0.25) is 0 Å². The maximum Gasteiger partial charge on any atom is 0.0577 e. The number of fused-ring (bicyclic) bond motifs is 5. The maximum absolute atomic E-state index is 10.3. The quantitative estimate of drug-likeness (QED) is 0.525. The first-order chi connectivity index (χ1) is 13.7. The van der Waals surface area contributed by atoms with Crippen molar-refractivity contribution in [3.8, 4) is 0 Å². The van der Waals surface area contributed by atoms with Crippen LogP contribution in [0, 0.1) is 46.3 Å². The fraction of sp³-hybridized carbons (Fsp3) is 0.926. The maximum atomic E-state index is 10.3. The Morgan fingerprint density at radius 2 is 1.76 bits per heavy atom. The fourth-order valence-corrected chi connectivity index (χ4v) is 8.59. The van der Waals surface area contributed by atoms with E-state index in [1.54, 1.807) is 5.57 Å². The lowest BCUT2D eigenvalue weighted by Crippen LogP contribution is -2.50. The molecule has 2 nitrogen and oxygen atoms in total. The summed E-state index contributed by atoms with van der Waals surface area (Å²) in [5.74, 6) is 4.51. The number of rotatable bonds is 5. The first-order valence-electron chi connectivity index (χ1n) is 12.7. The van der Waals surface area contributed by atoms with Gasteiger partial charge in [0, 0.05) is 0 Å². The molecule has 0 saturated heterocycles. The predicted octanol–water partition coefficient (Wildman–Crippen LogP) is 6.36. The molecular formula is C27H46O2. The van der Waals surface area contributed by atoms with Crippen molar-refractivity contribution in [1.29, 1.82) is 0 Å². The minimum absolute atomic E-state index is 0.0994. The molecule has 4 aliphatic carbocycles. The zero-order chi connectivity index (χ0) is 21.0. The van der Waals surface area contributed by atoms with Crippen molar-refractivity contribution >= 4 is 0 Å². The van der Waals surface area contributed by atoms with Crippen LogP contribution in [0.2, 0.25) is 0 Å². The van der Waals surface area contributed by atoms with Crippen LogP contribution in [0.1, 0.15) is 98.8 Å². The first-order valence-corrected chi connectivity index (χ1v) is 12.7. The van der Waals surface area contributed by atoms with E-state index in [0.717, 1.165) is 48.9 Å². The number of hydrogen-bond acceptors (Lipinski definition) is 2. The van der Waals surface area contributed by atoms with Crippen molar-refractivity contribution in [1.82, 2.24) is 0 Å². The van der Waals surface area contributed by atoms with E-state index in [-0.39, 0.29) is 12.2 Å². The molecule has 3 fully saturated rings. The highest BCUT2D eigenvalue weighted by atomic mass is 16.3. The van der Waals surface area contributed by atoms with Crippen LogP contribution in [-0.2, 0) is 0 Å². The van der Waals surface area contributed by atoms with Crippen LogP contribution in [0.5, 0.6) is 0 Å². The van der Waals surface area contributed by atoms with Crippen LogP contribution in [0.4, 0.5) is 0 Å². The van der Waals surface area contributed by atoms with Crippen molar-refractivity contribution < 1.29 is 10.2 Å². The third-order valence-electron chi connectivity index (χ3n) is 10.5. The van der Waals surface area contributed by atoms with E-state index >= 15 is 0 Å². The molecule has 2 heteroatoms. The highest BCUT2D eigenvalue weighted by Gasteiger charge is 2.59. The lowest BCUT2D eigenvalue weighted by atomic mass is 9.47. The molecule has 0 heterocycles. The second-order valence-corrected chi connectivity index (χ2v) is 12.3. The summed E-state index contributed by atoms with van der Waals surface area (Å²) in [6, 6.07) is 0. The van der Waals surface area contributed by atoms with E-state index in [9.17, 15) is 10.2 Å². The Morgan fingerprint density at radius 1 is 1.00 bits per heavy atom. The van der Waals surface area contributed by atoms with Crippen molar-refractivity contribution in [2.45, 2.75) is 111 Å². The molecule has 2 N–H and O–H groups in total. The van der Waals surface area contributed by atoms with Gasteiger partial charge in [-0.3, -0.25) is 0 Å². The molecule has 4 aliphatic rings. The lowest BCUT2D eigenvalue weighted by molar-refractivity contribution is -0.0579. The number of aliphatic hydroxyl groups excluding tert-OH is 2. The summed E-state index contributed by atoms with van der Waals surface area (Å²) in [5, 5.41) is 20.5. The second-order valence-electron chi connectivity index (χ2n) is 12.3. The van der Waals surface area contributed by atoms with Gasteiger partial charge in [-0.25, -0.2) is 0 Å². The van der Waals surface area contributed by atoms with Crippen molar-refractivity contribution in [2.75, 3.05) is 0 Å². The van der Waals surface area contributed by atoms with E-state index in [1.807, 2.05) is 0 Å². The third kappa shape index (κ3) is 3.65. The minimum atomic E-state index is -0.137. The number of hydrogen-bond donors (Lipinski definition) is 2. The fourth-order valence-electron chi connectivity index (χ4n) is 8.59. The van der Waals surface area contributed by atoms with Gasteiger partial charge in [-0.15, -0.1) is 0 Å². The monoisotopic (exact) mass is 402 g/mol. The van der Waals surface area contributed by atoms with Gasteiger partial charge >= 0.3 is 0 Å². The Hall–Kier alpha value is -0.340. The summed E-state index contributed by atoms with van der Waals surface area (Å²) in [4.78, 5) is 0. The van der Waals surface area contributed by atoms with Crippen molar-refractivity contribution in [2.24, 2.45) is 46.3 Å². The molecule has 0 aromatic heterocycles. The molecule has 3 saturated carbocycles. The third-order valence-corrected chi connectivity index (χ3v) is 10.5. The Labute approximate surface area is 179 Å². The largest absolute Gasteiger partial charge is 0.393 e. The van der Waals surface area contributed by atoms with Gasteiger partial charge < -0.3 is 10.2 Å².